The second-order valence-electron chi connectivity index (χ2n) is 5.06. The van der Waals surface area contributed by atoms with Crippen LogP contribution in [-0.2, 0) is 4.79 Å². The highest BCUT2D eigenvalue weighted by molar-refractivity contribution is 5.91. The molecule has 0 heterocycles. The summed E-state index contributed by atoms with van der Waals surface area (Å²) in [4.78, 5) is 14.1. The van der Waals surface area contributed by atoms with Gasteiger partial charge in [-0.05, 0) is 36.6 Å². The van der Waals surface area contributed by atoms with Gasteiger partial charge in [0.05, 0.1) is 0 Å². The van der Waals surface area contributed by atoms with E-state index in [1.807, 2.05) is 42.2 Å². The molecule has 0 bridgehead atoms. The Balaban J connectivity index is 2.67. The third-order valence-electron chi connectivity index (χ3n) is 3.66. The molecule has 0 radical (unpaired) electrons. The molecule has 20 heavy (non-hydrogen) atoms. The maximum Gasteiger partial charge on any atom is 0.246 e. The van der Waals surface area contributed by atoms with Crippen LogP contribution < -0.4 is 5.73 Å². The molecule has 0 fully saturated rings. The van der Waals surface area contributed by atoms with Crippen molar-refractivity contribution in [3.63, 3.8) is 0 Å². The van der Waals surface area contributed by atoms with E-state index in [1.165, 1.54) is 0 Å². The van der Waals surface area contributed by atoms with E-state index in [0.717, 1.165) is 31.5 Å². The van der Waals surface area contributed by atoms with Crippen molar-refractivity contribution in [2.75, 3.05) is 18.8 Å². The van der Waals surface area contributed by atoms with E-state index in [-0.39, 0.29) is 5.91 Å². The number of carbonyl (C=O) groups is 1. The lowest BCUT2D eigenvalue weighted by Crippen LogP contribution is -2.33. The highest BCUT2D eigenvalue weighted by atomic mass is 16.2. The van der Waals surface area contributed by atoms with Crippen LogP contribution in [0.15, 0.2) is 30.3 Å². The fraction of sp³-hybridized carbons (Fsp3) is 0.471. The molecule has 0 unspecified atom stereocenters. The molecule has 0 aliphatic carbocycles. The van der Waals surface area contributed by atoms with Gasteiger partial charge < -0.3 is 10.6 Å². The van der Waals surface area contributed by atoms with Crippen molar-refractivity contribution in [2.45, 2.75) is 33.6 Å². The molecular formula is C17H26N2O. The van der Waals surface area contributed by atoms with E-state index in [9.17, 15) is 4.79 Å². The summed E-state index contributed by atoms with van der Waals surface area (Å²) < 4.78 is 0. The zero-order valence-electron chi connectivity index (χ0n) is 12.8. The summed E-state index contributed by atoms with van der Waals surface area (Å²) in [6.45, 7) is 7.96. The van der Waals surface area contributed by atoms with Gasteiger partial charge in [-0.15, -0.1) is 0 Å². The summed E-state index contributed by atoms with van der Waals surface area (Å²) in [7, 11) is 0. The first-order valence-corrected chi connectivity index (χ1v) is 7.43. The summed E-state index contributed by atoms with van der Waals surface area (Å²) in [5, 5.41) is 0. The maximum atomic E-state index is 12.2. The van der Waals surface area contributed by atoms with E-state index in [2.05, 4.69) is 13.8 Å². The highest BCUT2D eigenvalue weighted by Gasteiger charge is 2.13. The third kappa shape index (κ3) is 5.08. The van der Waals surface area contributed by atoms with Crippen LogP contribution in [0.5, 0.6) is 0 Å². The van der Waals surface area contributed by atoms with E-state index < -0.39 is 0 Å². The number of likely N-dealkylation sites (N-methyl/N-ethyl adjacent to an activating group) is 1. The zero-order chi connectivity index (χ0) is 15.0. The first-order chi connectivity index (χ1) is 9.60. The van der Waals surface area contributed by atoms with E-state index in [0.29, 0.717) is 11.6 Å². The molecule has 0 aromatic heterocycles. The van der Waals surface area contributed by atoms with Crippen LogP contribution in [0.25, 0.3) is 6.08 Å². The second-order valence-corrected chi connectivity index (χ2v) is 5.06. The van der Waals surface area contributed by atoms with Crippen LogP contribution in [0, 0.1) is 5.92 Å². The minimum atomic E-state index is 0.0711. The number of benzene rings is 1. The Kier molecular flexibility index (Phi) is 6.85. The lowest BCUT2D eigenvalue weighted by atomic mass is 10.0. The average molecular weight is 274 g/mol. The number of amides is 1. The van der Waals surface area contributed by atoms with E-state index in [4.69, 9.17) is 5.73 Å². The van der Waals surface area contributed by atoms with Crippen molar-refractivity contribution in [2.24, 2.45) is 5.92 Å². The third-order valence-corrected chi connectivity index (χ3v) is 3.66. The number of hydrogen-bond acceptors (Lipinski definition) is 2. The summed E-state index contributed by atoms with van der Waals surface area (Å²) in [5.41, 5.74) is 7.39. The van der Waals surface area contributed by atoms with Gasteiger partial charge in [0.1, 0.15) is 0 Å². The Bertz CT molecular complexity index is 450. The smallest absolute Gasteiger partial charge is 0.246 e. The Morgan fingerprint density at radius 2 is 2.00 bits per heavy atom. The van der Waals surface area contributed by atoms with Gasteiger partial charge in [-0.1, -0.05) is 38.8 Å². The van der Waals surface area contributed by atoms with Gasteiger partial charge in [0.15, 0.2) is 0 Å². The van der Waals surface area contributed by atoms with Gasteiger partial charge in [-0.2, -0.15) is 0 Å². The number of nitrogen functional groups attached to an aromatic ring is 1. The first-order valence-electron chi connectivity index (χ1n) is 7.43. The fourth-order valence-electron chi connectivity index (χ4n) is 2.17. The molecule has 1 aromatic carbocycles. The van der Waals surface area contributed by atoms with E-state index >= 15 is 0 Å². The Morgan fingerprint density at radius 1 is 1.30 bits per heavy atom. The predicted molar refractivity (Wildman–Crippen MR) is 86.2 cm³/mol. The minimum absolute atomic E-state index is 0.0711. The maximum absolute atomic E-state index is 12.2. The second kappa shape index (κ2) is 8.41. The number of hydrogen-bond donors (Lipinski definition) is 1. The van der Waals surface area contributed by atoms with Crippen LogP contribution >= 0.6 is 0 Å². The predicted octanol–water partition coefficient (Wildman–Crippen LogP) is 3.57. The number of anilines is 1. The van der Waals surface area contributed by atoms with Gasteiger partial charge in [-0.3, -0.25) is 4.79 Å². The summed E-state index contributed by atoms with van der Waals surface area (Å²) >= 11 is 0. The number of carbonyl (C=O) groups excluding carboxylic acids is 1. The van der Waals surface area contributed by atoms with Crippen LogP contribution in [0.1, 0.15) is 39.2 Å². The van der Waals surface area contributed by atoms with Crippen molar-refractivity contribution in [1.29, 1.82) is 0 Å². The standard InChI is InChI=1S/C17H26N2O/c1-4-14(5-2)13-19(6-3)17(20)11-10-15-8-7-9-16(18)12-15/h7-12,14H,4-6,13,18H2,1-3H3/b11-10+. The molecule has 0 aliphatic rings. The lowest BCUT2D eigenvalue weighted by Gasteiger charge is -2.24. The fourth-order valence-corrected chi connectivity index (χ4v) is 2.17. The summed E-state index contributed by atoms with van der Waals surface area (Å²) in [6, 6.07) is 7.53. The van der Waals surface area contributed by atoms with E-state index in [1.54, 1.807) is 6.08 Å². The topological polar surface area (TPSA) is 46.3 Å². The zero-order valence-corrected chi connectivity index (χ0v) is 12.8. The minimum Gasteiger partial charge on any atom is -0.399 e. The molecule has 0 aliphatic heterocycles. The first kappa shape index (κ1) is 16.3. The molecule has 2 N–H and O–H groups in total. The molecule has 110 valence electrons. The van der Waals surface area contributed by atoms with Gasteiger partial charge in [0.25, 0.3) is 0 Å². The Labute approximate surface area is 122 Å². The van der Waals surface area contributed by atoms with Crippen LogP contribution in [0.2, 0.25) is 0 Å². The molecule has 0 spiro atoms. The van der Waals surface area contributed by atoms with Gasteiger partial charge in [-0.25, -0.2) is 0 Å². The molecule has 0 saturated heterocycles. The number of nitrogens with zero attached hydrogens (tertiary/aromatic N) is 1. The van der Waals surface area contributed by atoms with Gasteiger partial charge in [0.2, 0.25) is 5.91 Å². The monoisotopic (exact) mass is 274 g/mol. The molecule has 3 nitrogen and oxygen atoms in total. The lowest BCUT2D eigenvalue weighted by molar-refractivity contribution is -0.126. The molecule has 1 amide bonds. The summed E-state index contributed by atoms with van der Waals surface area (Å²) in [6.07, 6.45) is 5.69. The Hall–Kier alpha value is -1.77. The Morgan fingerprint density at radius 3 is 2.55 bits per heavy atom. The molecule has 0 saturated carbocycles. The largest absolute Gasteiger partial charge is 0.399 e. The van der Waals surface area contributed by atoms with Crippen LogP contribution in [0.4, 0.5) is 5.69 Å². The molecule has 0 atom stereocenters. The quantitative estimate of drug-likeness (QED) is 0.610. The molecule has 3 heteroatoms. The van der Waals surface area contributed by atoms with Crippen molar-refractivity contribution in [3.05, 3.63) is 35.9 Å². The molecular weight excluding hydrogens is 248 g/mol. The number of rotatable bonds is 7. The van der Waals surface area contributed by atoms with Crippen LogP contribution in [-0.4, -0.2) is 23.9 Å². The van der Waals surface area contributed by atoms with Crippen LogP contribution in [0.3, 0.4) is 0 Å². The molecule has 1 aromatic rings. The van der Waals surface area contributed by atoms with Crippen molar-refractivity contribution in [3.8, 4) is 0 Å². The van der Waals surface area contributed by atoms with Crippen molar-refractivity contribution >= 4 is 17.7 Å². The van der Waals surface area contributed by atoms with Crippen molar-refractivity contribution < 1.29 is 4.79 Å². The average Bonchev–Trinajstić information content (AvgIpc) is 2.46. The SMILES string of the molecule is CCC(CC)CN(CC)C(=O)/C=C/c1cccc(N)c1. The van der Waals surface area contributed by atoms with Gasteiger partial charge >= 0.3 is 0 Å². The molecule has 1 rings (SSSR count). The van der Waals surface area contributed by atoms with Gasteiger partial charge in [0, 0.05) is 24.9 Å². The normalized spacial score (nSPS) is 11.2. The summed E-state index contributed by atoms with van der Waals surface area (Å²) in [5.74, 6) is 0.654. The van der Waals surface area contributed by atoms with Crippen molar-refractivity contribution in [1.82, 2.24) is 4.90 Å². The highest BCUT2D eigenvalue weighted by Crippen LogP contribution is 2.12. The number of nitrogens with two attached hydrogens (primary N) is 1.